The Hall–Kier alpha value is -1.13. The van der Waals surface area contributed by atoms with Gasteiger partial charge in [0.1, 0.15) is 0 Å². The van der Waals surface area contributed by atoms with Crippen molar-refractivity contribution in [2.75, 3.05) is 32.0 Å². The smallest absolute Gasteiger partial charge is 0.0564 e. The predicted molar refractivity (Wildman–Crippen MR) is 82.9 cm³/mol. The van der Waals surface area contributed by atoms with Crippen LogP contribution in [-0.2, 0) is 6.54 Å². The molecule has 1 aromatic heterocycles. The van der Waals surface area contributed by atoms with Crippen molar-refractivity contribution >= 4 is 5.69 Å². The molecule has 0 amide bonds. The van der Waals surface area contributed by atoms with E-state index in [1.54, 1.807) is 0 Å². The Kier molecular flexibility index (Phi) is 4.22. The van der Waals surface area contributed by atoms with Crippen LogP contribution in [0.25, 0.3) is 0 Å². The summed E-state index contributed by atoms with van der Waals surface area (Å²) < 4.78 is 0. The summed E-state index contributed by atoms with van der Waals surface area (Å²) in [6.45, 7) is 6.47. The van der Waals surface area contributed by atoms with E-state index in [2.05, 4.69) is 40.1 Å². The number of hydrogen-bond acceptors (Lipinski definition) is 4. The van der Waals surface area contributed by atoms with Gasteiger partial charge in [0.05, 0.1) is 5.69 Å². The fourth-order valence-corrected chi connectivity index (χ4v) is 3.63. The van der Waals surface area contributed by atoms with E-state index in [1.807, 2.05) is 12.3 Å². The standard InChI is InChI=1S/C16H26N4/c1-3-17-13-6-8-18-14(10-13)11-20-9-7-15-4-5-16(12-20)19(15)2/h6,8,10,15-16H,3-5,7,9,11-12H2,1-2H3,(H,17,18). The maximum atomic E-state index is 4.53. The summed E-state index contributed by atoms with van der Waals surface area (Å²) in [5, 5.41) is 3.36. The Bertz CT molecular complexity index is 448. The molecule has 2 fully saturated rings. The maximum absolute atomic E-state index is 4.53. The molecule has 3 rings (SSSR count). The number of hydrogen-bond donors (Lipinski definition) is 1. The molecule has 2 aliphatic heterocycles. The molecule has 2 unspecified atom stereocenters. The summed E-state index contributed by atoms with van der Waals surface area (Å²) in [6.07, 6.45) is 5.98. The normalized spacial score (nSPS) is 27.5. The Morgan fingerprint density at radius 2 is 2.15 bits per heavy atom. The number of fused-ring (bicyclic) bond motifs is 2. The van der Waals surface area contributed by atoms with E-state index < -0.39 is 0 Å². The average molecular weight is 274 g/mol. The molecule has 3 heterocycles. The van der Waals surface area contributed by atoms with Crippen LogP contribution in [0.5, 0.6) is 0 Å². The molecule has 2 saturated heterocycles. The lowest BCUT2D eigenvalue weighted by Gasteiger charge is -2.25. The molecular weight excluding hydrogens is 248 g/mol. The van der Waals surface area contributed by atoms with Crippen LogP contribution in [-0.4, -0.2) is 53.5 Å². The Balaban J connectivity index is 1.64. The summed E-state index contributed by atoms with van der Waals surface area (Å²) >= 11 is 0. The van der Waals surface area contributed by atoms with E-state index in [0.717, 1.165) is 25.2 Å². The zero-order valence-corrected chi connectivity index (χ0v) is 12.7. The quantitative estimate of drug-likeness (QED) is 0.912. The molecule has 110 valence electrons. The molecule has 2 bridgehead atoms. The Labute approximate surface area is 122 Å². The van der Waals surface area contributed by atoms with E-state index in [4.69, 9.17) is 0 Å². The van der Waals surface area contributed by atoms with E-state index >= 15 is 0 Å². The highest BCUT2D eigenvalue weighted by Gasteiger charge is 2.34. The van der Waals surface area contributed by atoms with Crippen molar-refractivity contribution in [3.63, 3.8) is 0 Å². The zero-order chi connectivity index (χ0) is 13.9. The second kappa shape index (κ2) is 6.10. The summed E-state index contributed by atoms with van der Waals surface area (Å²) in [5.74, 6) is 0. The van der Waals surface area contributed by atoms with Crippen LogP contribution >= 0.6 is 0 Å². The van der Waals surface area contributed by atoms with Gasteiger partial charge in [-0.1, -0.05) is 0 Å². The zero-order valence-electron chi connectivity index (χ0n) is 12.7. The fraction of sp³-hybridized carbons (Fsp3) is 0.688. The summed E-state index contributed by atoms with van der Waals surface area (Å²) in [6, 6.07) is 5.80. The van der Waals surface area contributed by atoms with Crippen LogP contribution in [0.15, 0.2) is 18.3 Å². The number of likely N-dealkylation sites (N-methyl/N-ethyl adjacent to an activating group) is 1. The molecule has 4 nitrogen and oxygen atoms in total. The van der Waals surface area contributed by atoms with Crippen LogP contribution in [0, 0.1) is 0 Å². The Morgan fingerprint density at radius 1 is 1.30 bits per heavy atom. The van der Waals surface area contributed by atoms with Crippen LogP contribution in [0.4, 0.5) is 5.69 Å². The number of aromatic nitrogens is 1. The number of likely N-dealkylation sites (tertiary alicyclic amines) is 1. The number of nitrogens with one attached hydrogen (secondary N) is 1. The third-order valence-electron chi connectivity index (χ3n) is 4.82. The van der Waals surface area contributed by atoms with E-state index in [-0.39, 0.29) is 0 Å². The first-order valence-electron chi connectivity index (χ1n) is 7.89. The van der Waals surface area contributed by atoms with E-state index in [9.17, 15) is 0 Å². The summed E-state index contributed by atoms with van der Waals surface area (Å²) in [7, 11) is 2.30. The number of nitrogens with zero attached hydrogens (tertiary/aromatic N) is 3. The number of pyridine rings is 1. The average Bonchev–Trinajstić information content (AvgIpc) is 2.68. The van der Waals surface area contributed by atoms with E-state index in [0.29, 0.717) is 0 Å². The van der Waals surface area contributed by atoms with Crippen molar-refractivity contribution in [1.29, 1.82) is 0 Å². The summed E-state index contributed by atoms with van der Waals surface area (Å²) in [4.78, 5) is 9.71. The number of rotatable bonds is 4. The first-order valence-corrected chi connectivity index (χ1v) is 7.89. The van der Waals surface area contributed by atoms with Gasteiger partial charge in [0, 0.05) is 50.1 Å². The molecule has 1 N–H and O–H groups in total. The second-order valence-corrected chi connectivity index (χ2v) is 6.14. The highest BCUT2D eigenvalue weighted by Crippen LogP contribution is 2.28. The predicted octanol–water partition coefficient (Wildman–Crippen LogP) is 2.18. The van der Waals surface area contributed by atoms with Gasteiger partial charge in [-0.3, -0.25) is 14.8 Å². The molecule has 0 spiro atoms. The molecule has 0 radical (unpaired) electrons. The highest BCUT2D eigenvalue weighted by atomic mass is 15.3. The number of anilines is 1. The molecule has 1 aromatic rings. The molecule has 0 saturated carbocycles. The molecule has 2 atom stereocenters. The van der Waals surface area contributed by atoms with Crippen molar-refractivity contribution in [2.45, 2.75) is 44.8 Å². The van der Waals surface area contributed by atoms with Gasteiger partial charge >= 0.3 is 0 Å². The van der Waals surface area contributed by atoms with Gasteiger partial charge in [-0.2, -0.15) is 0 Å². The van der Waals surface area contributed by atoms with Crippen LogP contribution in [0.3, 0.4) is 0 Å². The molecular formula is C16H26N4. The van der Waals surface area contributed by atoms with Gasteiger partial charge < -0.3 is 5.32 Å². The topological polar surface area (TPSA) is 31.4 Å². The van der Waals surface area contributed by atoms with Crippen LogP contribution in [0.2, 0.25) is 0 Å². The van der Waals surface area contributed by atoms with Crippen molar-refractivity contribution in [2.24, 2.45) is 0 Å². The third kappa shape index (κ3) is 2.96. The first-order chi connectivity index (χ1) is 9.76. The monoisotopic (exact) mass is 274 g/mol. The van der Waals surface area contributed by atoms with Gasteiger partial charge in [0.25, 0.3) is 0 Å². The van der Waals surface area contributed by atoms with Gasteiger partial charge in [-0.25, -0.2) is 0 Å². The van der Waals surface area contributed by atoms with Gasteiger partial charge in [0.2, 0.25) is 0 Å². The molecule has 4 heteroatoms. The van der Waals surface area contributed by atoms with Gasteiger partial charge in [-0.05, 0) is 45.4 Å². The Morgan fingerprint density at radius 3 is 3.00 bits per heavy atom. The third-order valence-corrected chi connectivity index (χ3v) is 4.82. The van der Waals surface area contributed by atoms with Crippen molar-refractivity contribution < 1.29 is 0 Å². The van der Waals surface area contributed by atoms with Gasteiger partial charge in [-0.15, -0.1) is 0 Å². The first kappa shape index (κ1) is 13.8. The molecule has 20 heavy (non-hydrogen) atoms. The maximum Gasteiger partial charge on any atom is 0.0564 e. The van der Waals surface area contributed by atoms with Crippen molar-refractivity contribution in [3.05, 3.63) is 24.0 Å². The van der Waals surface area contributed by atoms with Crippen LogP contribution in [0.1, 0.15) is 31.9 Å². The second-order valence-electron chi connectivity index (χ2n) is 6.14. The van der Waals surface area contributed by atoms with Gasteiger partial charge in [0.15, 0.2) is 0 Å². The lowest BCUT2D eigenvalue weighted by molar-refractivity contribution is 0.213. The van der Waals surface area contributed by atoms with Crippen LogP contribution < -0.4 is 5.32 Å². The fourth-order valence-electron chi connectivity index (χ4n) is 3.63. The lowest BCUT2D eigenvalue weighted by Crippen LogP contribution is -2.36. The van der Waals surface area contributed by atoms with Crippen molar-refractivity contribution in [1.82, 2.24) is 14.8 Å². The molecule has 2 aliphatic rings. The minimum Gasteiger partial charge on any atom is -0.385 e. The minimum atomic E-state index is 0.749. The molecule has 0 aliphatic carbocycles. The molecule has 0 aromatic carbocycles. The minimum absolute atomic E-state index is 0.749. The largest absolute Gasteiger partial charge is 0.385 e. The lowest BCUT2D eigenvalue weighted by atomic mass is 10.1. The van der Waals surface area contributed by atoms with E-state index in [1.165, 1.54) is 43.7 Å². The van der Waals surface area contributed by atoms with Crippen molar-refractivity contribution in [3.8, 4) is 0 Å². The SMILES string of the molecule is CCNc1ccnc(CN2CCC3CCC(C2)N3C)c1. The highest BCUT2D eigenvalue weighted by molar-refractivity contribution is 5.42. The summed E-state index contributed by atoms with van der Waals surface area (Å²) in [5.41, 5.74) is 2.37.